The van der Waals surface area contributed by atoms with Gasteiger partial charge in [0.15, 0.2) is 15.0 Å². The Morgan fingerprint density at radius 1 is 1.24 bits per heavy atom. The maximum absolute atomic E-state index is 13.3. The third-order valence-electron chi connectivity index (χ3n) is 7.04. The van der Waals surface area contributed by atoms with Gasteiger partial charge in [-0.15, -0.1) is 0 Å². The van der Waals surface area contributed by atoms with E-state index in [1.807, 2.05) is 24.8 Å². The normalized spacial score (nSPS) is 16.0. The summed E-state index contributed by atoms with van der Waals surface area (Å²) >= 11 is 1.38. The molecular formula is C26H29N5O4S2. The van der Waals surface area contributed by atoms with Crippen LogP contribution < -0.4 is 10.2 Å². The molecule has 1 saturated carbocycles. The first kappa shape index (κ1) is 25.3. The highest BCUT2D eigenvalue weighted by Crippen LogP contribution is 2.42. The van der Waals surface area contributed by atoms with Crippen LogP contribution in [0.2, 0.25) is 0 Å². The largest absolute Gasteiger partial charge is 0.331 e. The fraction of sp³-hybridized carbons (Fsp3) is 0.385. The second-order valence-electron chi connectivity index (χ2n) is 9.81. The molecule has 1 N–H and O–H groups in total. The predicted octanol–water partition coefficient (Wildman–Crippen LogP) is 4.40. The summed E-state index contributed by atoms with van der Waals surface area (Å²) in [4.78, 5) is 38.2. The smallest absolute Gasteiger partial charge is 0.256 e. The van der Waals surface area contributed by atoms with E-state index in [0.717, 1.165) is 35.2 Å². The lowest BCUT2D eigenvalue weighted by atomic mass is 10.0. The highest BCUT2D eigenvalue weighted by Gasteiger charge is 2.41. The van der Waals surface area contributed by atoms with Gasteiger partial charge in [-0.3, -0.25) is 9.59 Å². The van der Waals surface area contributed by atoms with Crippen LogP contribution in [0.5, 0.6) is 0 Å². The van der Waals surface area contributed by atoms with Gasteiger partial charge in [0, 0.05) is 32.8 Å². The van der Waals surface area contributed by atoms with Crippen LogP contribution in [0.25, 0.3) is 10.4 Å². The van der Waals surface area contributed by atoms with E-state index in [4.69, 9.17) is 0 Å². The summed E-state index contributed by atoms with van der Waals surface area (Å²) in [6.07, 6.45) is 3.35. The van der Waals surface area contributed by atoms with Crippen LogP contribution in [0.1, 0.15) is 48.3 Å². The molecule has 0 unspecified atom stereocenters. The zero-order valence-corrected chi connectivity index (χ0v) is 23.0. The van der Waals surface area contributed by atoms with Crippen LogP contribution >= 0.6 is 11.3 Å². The zero-order chi connectivity index (χ0) is 26.6. The molecule has 194 valence electrons. The molecule has 11 heteroatoms. The average Bonchev–Trinajstić information content (AvgIpc) is 3.55. The van der Waals surface area contributed by atoms with E-state index in [1.54, 1.807) is 31.3 Å². The van der Waals surface area contributed by atoms with Crippen LogP contribution in [0.3, 0.4) is 0 Å². The fourth-order valence-electron chi connectivity index (χ4n) is 4.69. The molecule has 0 bridgehead atoms. The third-order valence-corrected chi connectivity index (χ3v) is 9.28. The molecule has 2 amide bonds. The van der Waals surface area contributed by atoms with Crippen LogP contribution in [0.15, 0.2) is 35.2 Å². The Morgan fingerprint density at radius 3 is 2.62 bits per heavy atom. The monoisotopic (exact) mass is 539 g/mol. The summed E-state index contributed by atoms with van der Waals surface area (Å²) in [5.74, 6) is 1.20. The molecule has 1 aliphatic heterocycles. The molecule has 5 rings (SSSR count). The van der Waals surface area contributed by atoms with E-state index in [1.165, 1.54) is 23.2 Å². The van der Waals surface area contributed by atoms with Crippen molar-refractivity contribution in [1.82, 2.24) is 14.9 Å². The van der Waals surface area contributed by atoms with Gasteiger partial charge in [-0.25, -0.2) is 18.4 Å². The number of benzene rings is 1. The summed E-state index contributed by atoms with van der Waals surface area (Å²) in [7, 11) is -1.98. The van der Waals surface area contributed by atoms with E-state index in [9.17, 15) is 18.0 Å². The van der Waals surface area contributed by atoms with Gasteiger partial charge in [0.25, 0.3) is 5.91 Å². The molecule has 1 aromatic carbocycles. The first-order valence-corrected chi connectivity index (χ1v) is 14.8. The molecular weight excluding hydrogens is 510 g/mol. The molecule has 2 aliphatic rings. The topological polar surface area (TPSA) is 113 Å². The molecule has 2 aromatic heterocycles. The average molecular weight is 540 g/mol. The summed E-state index contributed by atoms with van der Waals surface area (Å²) in [6.45, 7) is 5.79. The SMILES string of the molecule is CC(=O)N(C)c1cccc(Nc2nc(C)c(-c3cc4c(c(S(C)(=O)=O)c3)C(=O)N([C@@H](C)C3CC3)C4)s2)n1. The Balaban J connectivity index is 1.49. The number of hydrogen-bond donors (Lipinski definition) is 1. The first-order chi connectivity index (χ1) is 17.4. The van der Waals surface area contributed by atoms with Crippen molar-refractivity contribution in [2.45, 2.75) is 51.1 Å². The maximum atomic E-state index is 13.3. The standard InChI is InChI=1S/C26H29N5O4S2/c1-14-24(36-26(27-14)29-21-7-6-8-22(28-21)30(4)16(3)32)18-11-19-13-31(15(2)17-9-10-17)25(33)23(19)20(12-18)37(5,34)35/h6-8,11-12,15,17H,9-10,13H2,1-5H3,(H,27,28,29)/t15-/m0/s1. The second-order valence-corrected chi connectivity index (χ2v) is 12.8. The first-order valence-electron chi connectivity index (χ1n) is 12.1. The number of aryl methyl sites for hydroxylation is 1. The number of amides is 2. The molecule has 1 atom stereocenters. The molecule has 0 spiro atoms. The lowest BCUT2D eigenvalue weighted by Crippen LogP contribution is -2.35. The summed E-state index contributed by atoms with van der Waals surface area (Å²) in [6, 6.07) is 8.94. The van der Waals surface area contributed by atoms with Crippen molar-refractivity contribution < 1.29 is 18.0 Å². The van der Waals surface area contributed by atoms with Crippen LogP contribution in [0.4, 0.5) is 16.8 Å². The molecule has 0 radical (unpaired) electrons. The third kappa shape index (κ3) is 4.85. The minimum Gasteiger partial charge on any atom is -0.331 e. The minimum absolute atomic E-state index is 0.0689. The van der Waals surface area contributed by atoms with Gasteiger partial charge in [0.1, 0.15) is 11.6 Å². The molecule has 9 nitrogen and oxygen atoms in total. The van der Waals surface area contributed by atoms with Crippen molar-refractivity contribution in [3.63, 3.8) is 0 Å². The number of nitrogens with one attached hydrogen (secondary N) is 1. The summed E-state index contributed by atoms with van der Waals surface area (Å²) < 4.78 is 25.6. The summed E-state index contributed by atoms with van der Waals surface area (Å²) in [5.41, 5.74) is 2.49. The van der Waals surface area contributed by atoms with Gasteiger partial charge in [0.05, 0.1) is 21.0 Å². The predicted molar refractivity (Wildman–Crippen MR) is 144 cm³/mol. The molecule has 3 heterocycles. The van der Waals surface area contributed by atoms with Gasteiger partial charge in [-0.1, -0.05) is 17.4 Å². The number of carbonyl (C=O) groups is 2. The number of pyridine rings is 1. The highest BCUT2D eigenvalue weighted by atomic mass is 32.2. The molecule has 1 fully saturated rings. The Labute approximate surface area is 220 Å². The Bertz CT molecular complexity index is 1530. The number of fused-ring (bicyclic) bond motifs is 1. The molecule has 3 aromatic rings. The number of thiazole rings is 1. The van der Waals surface area contributed by atoms with Gasteiger partial charge in [-0.05, 0) is 68.0 Å². The molecule has 0 saturated heterocycles. The van der Waals surface area contributed by atoms with Crippen LogP contribution in [-0.2, 0) is 21.2 Å². The minimum atomic E-state index is -3.64. The number of hydrogen-bond acceptors (Lipinski definition) is 8. The van der Waals surface area contributed by atoms with Crippen LogP contribution in [-0.4, -0.2) is 54.4 Å². The van der Waals surface area contributed by atoms with Crippen molar-refractivity contribution in [2.24, 2.45) is 5.92 Å². The maximum Gasteiger partial charge on any atom is 0.256 e. The van der Waals surface area contributed by atoms with E-state index >= 15 is 0 Å². The van der Waals surface area contributed by atoms with Crippen LogP contribution in [0, 0.1) is 12.8 Å². The van der Waals surface area contributed by atoms with E-state index in [-0.39, 0.29) is 22.8 Å². The Morgan fingerprint density at radius 2 is 1.97 bits per heavy atom. The van der Waals surface area contributed by atoms with Gasteiger partial charge < -0.3 is 15.1 Å². The number of aromatic nitrogens is 2. The zero-order valence-electron chi connectivity index (χ0n) is 21.4. The molecule has 1 aliphatic carbocycles. The quantitative estimate of drug-likeness (QED) is 0.474. The van der Waals surface area contributed by atoms with Crippen molar-refractivity contribution in [3.05, 3.63) is 47.2 Å². The van der Waals surface area contributed by atoms with E-state index in [2.05, 4.69) is 15.3 Å². The fourth-order valence-corrected chi connectivity index (χ4v) is 6.58. The Kier molecular flexibility index (Phi) is 6.31. The summed E-state index contributed by atoms with van der Waals surface area (Å²) in [5, 5.41) is 3.78. The van der Waals surface area contributed by atoms with Crippen molar-refractivity contribution >= 4 is 49.8 Å². The lowest BCUT2D eigenvalue weighted by Gasteiger charge is -2.24. The highest BCUT2D eigenvalue weighted by molar-refractivity contribution is 7.90. The lowest BCUT2D eigenvalue weighted by molar-refractivity contribution is -0.116. The van der Waals surface area contributed by atoms with E-state index < -0.39 is 9.84 Å². The van der Waals surface area contributed by atoms with Crippen molar-refractivity contribution in [3.8, 4) is 10.4 Å². The number of nitrogens with zero attached hydrogens (tertiary/aromatic N) is 4. The van der Waals surface area contributed by atoms with Gasteiger partial charge >= 0.3 is 0 Å². The Hall–Kier alpha value is -3.31. The number of anilines is 3. The van der Waals surface area contributed by atoms with E-state index in [0.29, 0.717) is 40.4 Å². The van der Waals surface area contributed by atoms with Gasteiger partial charge in [-0.2, -0.15) is 0 Å². The second kappa shape index (κ2) is 9.21. The van der Waals surface area contributed by atoms with Crippen molar-refractivity contribution in [1.29, 1.82) is 0 Å². The number of sulfone groups is 1. The number of carbonyl (C=O) groups excluding carboxylic acids is 2. The van der Waals surface area contributed by atoms with Crippen molar-refractivity contribution in [2.75, 3.05) is 23.5 Å². The van der Waals surface area contributed by atoms with Gasteiger partial charge in [0.2, 0.25) is 5.91 Å². The number of rotatable bonds is 7. The molecule has 37 heavy (non-hydrogen) atoms.